The van der Waals surface area contributed by atoms with Gasteiger partial charge in [-0.2, -0.15) is 0 Å². The Morgan fingerprint density at radius 3 is 2.81 bits per heavy atom. The fourth-order valence-electron chi connectivity index (χ4n) is 1.42. The standard InChI is InChI=1S/C12H13BrO3/c13-11-5-9(12(14)15)3-4-10(11)7-16-6-8-1-2-8/h3-5,8H,1-2,6-7H2,(H,14,15). The SMILES string of the molecule is O=C(O)c1ccc(COCC2CC2)c(Br)c1. The number of aromatic carboxylic acids is 1. The highest BCUT2D eigenvalue weighted by molar-refractivity contribution is 9.10. The number of carbonyl (C=O) groups is 1. The van der Waals surface area contributed by atoms with Crippen molar-refractivity contribution in [1.82, 2.24) is 0 Å². The van der Waals surface area contributed by atoms with E-state index in [-0.39, 0.29) is 5.56 Å². The lowest BCUT2D eigenvalue weighted by Gasteiger charge is -2.06. The highest BCUT2D eigenvalue weighted by Gasteiger charge is 2.21. The molecule has 86 valence electrons. The van der Waals surface area contributed by atoms with E-state index in [9.17, 15) is 4.79 Å². The molecule has 1 fully saturated rings. The van der Waals surface area contributed by atoms with Gasteiger partial charge >= 0.3 is 5.97 Å². The first-order chi connectivity index (χ1) is 7.66. The van der Waals surface area contributed by atoms with Crippen molar-refractivity contribution in [3.63, 3.8) is 0 Å². The molecule has 16 heavy (non-hydrogen) atoms. The minimum atomic E-state index is -0.911. The van der Waals surface area contributed by atoms with Crippen molar-refractivity contribution in [2.75, 3.05) is 6.61 Å². The van der Waals surface area contributed by atoms with Gasteiger partial charge in [-0.15, -0.1) is 0 Å². The van der Waals surface area contributed by atoms with Gasteiger partial charge in [0.15, 0.2) is 0 Å². The molecule has 0 heterocycles. The Kier molecular flexibility index (Phi) is 3.61. The van der Waals surface area contributed by atoms with Crippen molar-refractivity contribution in [1.29, 1.82) is 0 Å². The molecule has 1 saturated carbocycles. The van der Waals surface area contributed by atoms with E-state index in [2.05, 4.69) is 15.9 Å². The summed E-state index contributed by atoms with van der Waals surface area (Å²) in [5.41, 5.74) is 1.28. The van der Waals surface area contributed by atoms with Crippen LogP contribution in [0.15, 0.2) is 22.7 Å². The molecular formula is C12H13BrO3. The zero-order valence-electron chi connectivity index (χ0n) is 8.78. The molecule has 2 rings (SSSR count). The third kappa shape index (κ3) is 3.06. The minimum absolute atomic E-state index is 0.290. The topological polar surface area (TPSA) is 46.5 Å². The second-order valence-electron chi connectivity index (χ2n) is 4.07. The number of benzene rings is 1. The Balaban J connectivity index is 1.95. The van der Waals surface area contributed by atoms with Crippen molar-refractivity contribution in [2.45, 2.75) is 19.4 Å². The normalized spacial score (nSPS) is 15.1. The van der Waals surface area contributed by atoms with Gasteiger partial charge in [0.25, 0.3) is 0 Å². The van der Waals surface area contributed by atoms with Gasteiger partial charge in [-0.25, -0.2) is 4.79 Å². The maximum absolute atomic E-state index is 10.7. The molecule has 1 aromatic carbocycles. The zero-order valence-corrected chi connectivity index (χ0v) is 10.4. The number of carboxylic acids is 1. The van der Waals surface area contributed by atoms with Gasteiger partial charge < -0.3 is 9.84 Å². The summed E-state index contributed by atoms with van der Waals surface area (Å²) < 4.78 is 6.34. The van der Waals surface area contributed by atoms with E-state index < -0.39 is 5.97 Å². The molecule has 4 heteroatoms. The highest BCUT2D eigenvalue weighted by Crippen LogP contribution is 2.29. The molecule has 0 atom stereocenters. The summed E-state index contributed by atoms with van der Waals surface area (Å²) in [6, 6.07) is 5.00. The van der Waals surface area contributed by atoms with Crippen LogP contribution in [0.5, 0.6) is 0 Å². The van der Waals surface area contributed by atoms with E-state index in [0.29, 0.717) is 6.61 Å². The van der Waals surface area contributed by atoms with E-state index in [1.807, 2.05) is 0 Å². The van der Waals surface area contributed by atoms with E-state index in [1.165, 1.54) is 12.8 Å². The Bertz CT molecular complexity index is 399. The molecule has 0 unspecified atom stereocenters. The zero-order chi connectivity index (χ0) is 11.5. The number of rotatable bonds is 5. The Morgan fingerprint density at radius 2 is 2.25 bits per heavy atom. The molecule has 1 aromatic rings. The molecule has 0 bridgehead atoms. The van der Waals surface area contributed by atoms with Gasteiger partial charge in [0.1, 0.15) is 0 Å². The van der Waals surface area contributed by atoms with E-state index in [0.717, 1.165) is 22.6 Å². The first-order valence-corrected chi connectivity index (χ1v) is 6.05. The molecule has 1 aliphatic carbocycles. The van der Waals surface area contributed by atoms with Crippen molar-refractivity contribution in [3.8, 4) is 0 Å². The molecule has 1 aliphatic rings. The summed E-state index contributed by atoms with van der Waals surface area (Å²) in [5, 5.41) is 8.81. The summed E-state index contributed by atoms with van der Waals surface area (Å²) in [7, 11) is 0. The van der Waals surface area contributed by atoms with Crippen LogP contribution < -0.4 is 0 Å². The monoisotopic (exact) mass is 284 g/mol. The van der Waals surface area contributed by atoms with Crippen LogP contribution in [-0.4, -0.2) is 17.7 Å². The summed E-state index contributed by atoms with van der Waals surface area (Å²) in [6.45, 7) is 1.35. The molecule has 0 spiro atoms. The van der Waals surface area contributed by atoms with Crippen LogP contribution in [0.1, 0.15) is 28.8 Å². The summed E-state index contributed by atoms with van der Waals surface area (Å²) in [4.78, 5) is 10.7. The molecule has 1 N–H and O–H groups in total. The predicted molar refractivity (Wildman–Crippen MR) is 63.5 cm³/mol. The minimum Gasteiger partial charge on any atom is -0.478 e. The van der Waals surface area contributed by atoms with Crippen LogP contribution in [0, 0.1) is 5.92 Å². The number of ether oxygens (including phenoxy) is 1. The van der Waals surface area contributed by atoms with Gasteiger partial charge in [-0.1, -0.05) is 22.0 Å². The first-order valence-electron chi connectivity index (χ1n) is 5.26. The number of hydrogen-bond acceptors (Lipinski definition) is 2. The average Bonchev–Trinajstić information content (AvgIpc) is 3.04. The van der Waals surface area contributed by atoms with Crippen LogP contribution >= 0.6 is 15.9 Å². The first kappa shape index (κ1) is 11.6. The van der Waals surface area contributed by atoms with Gasteiger partial charge in [-0.3, -0.25) is 0 Å². The molecule has 0 radical (unpaired) electrons. The van der Waals surface area contributed by atoms with Gasteiger partial charge in [0.2, 0.25) is 0 Å². The smallest absolute Gasteiger partial charge is 0.335 e. The van der Waals surface area contributed by atoms with Crippen molar-refractivity contribution >= 4 is 21.9 Å². The lowest BCUT2D eigenvalue weighted by molar-refractivity contribution is 0.0696. The molecule has 0 saturated heterocycles. The molecule has 0 aromatic heterocycles. The molecule has 0 amide bonds. The average molecular weight is 285 g/mol. The van der Waals surface area contributed by atoms with E-state index >= 15 is 0 Å². The quantitative estimate of drug-likeness (QED) is 0.904. The summed E-state index contributed by atoms with van der Waals surface area (Å²) >= 11 is 3.35. The Hall–Kier alpha value is -0.870. The van der Waals surface area contributed by atoms with Crippen molar-refractivity contribution in [3.05, 3.63) is 33.8 Å². The maximum Gasteiger partial charge on any atom is 0.335 e. The Morgan fingerprint density at radius 1 is 1.50 bits per heavy atom. The van der Waals surface area contributed by atoms with Crippen LogP contribution in [0.3, 0.4) is 0 Å². The fraction of sp³-hybridized carbons (Fsp3) is 0.417. The largest absolute Gasteiger partial charge is 0.478 e. The van der Waals surface area contributed by atoms with Crippen LogP contribution in [0.2, 0.25) is 0 Å². The van der Waals surface area contributed by atoms with Crippen LogP contribution in [-0.2, 0) is 11.3 Å². The lowest BCUT2D eigenvalue weighted by atomic mass is 10.1. The summed E-state index contributed by atoms with van der Waals surface area (Å²) in [6.07, 6.45) is 2.55. The third-order valence-electron chi connectivity index (χ3n) is 2.61. The number of hydrogen-bond donors (Lipinski definition) is 1. The van der Waals surface area contributed by atoms with Gasteiger partial charge in [0.05, 0.1) is 12.2 Å². The van der Waals surface area contributed by atoms with Crippen LogP contribution in [0.4, 0.5) is 0 Å². The lowest BCUT2D eigenvalue weighted by Crippen LogP contribution is -2.00. The van der Waals surface area contributed by atoms with Gasteiger partial charge in [0, 0.05) is 11.1 Å². The third-order valence-corrected chi connectivity index (χ3v) is 3.35. The number of carboxylic acid groups (broad SMARTS) is 1. The Labute approximate surface area is 103 Å². The van der Waals surface area contributed by atoms with Crippen molar-refractivity contribution in [2.24, 2.45) is 5.92 Å². The molecule has 0 aliphatic heterocycles. The van der Waals surface area contributed by atoms with E-state index in [4.69, 9.17) is 9.84 Å². The predicted octanol–water partition coefficient (Wildman–Crippen LogP) is 3.07. The maximum atomic E-state index is 10.7. The summed E-state index contributed by atoms with van der Waals surface area (Å²) in [5.74, 6) is -0.164. The second-order valence-corrected chi connectivity index (χ2v) is 4.92. The van der Waals surface area contributed by atoms with Crippen molar-refractivity contribution < 1.29 is 14.6 Å². The molecule has 3 nitrogen and oxygen atoms in total. The highest BCUT2D eigenvalue weighted by atomic mass is 79.9. The van der Waals surface area contributed by atoms with Gasteiger partial charge in [-0.05, 0) is 36.5 Å². The van der Waals surface area contributed by atoms with Crippen LogP contribution in [0.25, 0.3) is 0 Å². The second kappa shape index (κ2) is 4.97. The van der Waals surface area contributed by atoms with E-state index in [1.54, 1.807) is 18.2 Å². The molecular weight excluding hydrogens is 272 g/mol. The number of halogens is 1. The fourth-order valence-corrected chi connectivity index (χ4v) is 1.91.